The normalized spacial score (nSPS) is 11.2. The first-order chi connectivity index (χ1) is 22.5. The highest BCUT2D eigenvalue weighted by molar-refractivity contribution is 5.94. The number of amides is 1. The van der Waals surface area contributed by atoms with E-state index in [0.717, 1.165) is 16.3 Å². The van der Waals surface area contributed by atoms with Crippen LogP contribution >= 0.6 is 0 Å². The molecule has 14 heteroatoms. The Hall–Kier alpha value is -6.31. The van der Waals surface area contributed by atoms with Crippen LogP contribution in [0, 0.1) is 5.82 Å². The van der Waals surface area contributed by atoms with Crippen molar-refractivity contribution in [3.63, 3.8) is 0 Å². The summed E-state index contributed by atoms with van der Waals surface area (Å²) in [6, 6.07) is 24.9. The van der Waals surface area contributed by atoms with Crippen LogP contribution in [-0.4, -0.2) is 44.0 Å². The number of carbonyl (C=O) groups is 1. The van der Waals surface area contributed by atoms with Gasteiger partial charge in [0, 0.05) is 0 Å². The summed E-state index contributed by atoms with van der Waals surface area (Å²) in [7, 11) is 0. The Morgan fingerprint density at radius 2 is 1.80 bits per heavy atom. The number of rotatable bonds is 12. The van der Waals surface area contributed by atoms with E-state index < -0.39 is 11.7 Å². The summed E-state index contributed by atoms with van der Waals surface area (Å²) < 4.78 is 36.9. The first-order valence-electron chi connectivity index (χ1n) is 14.1. The smallest absolute Gasteiger partial charge is 0.293 e. The molecule has 0 unspecified atom stereocenters. The number of fused-ring (bicyclic) bond motifs is 1. The van der Waals surface area contributed by atoms with Gasteiger partial charge in [-0.1, -0.05) is 47.7 Å². The van der Waals surface area contributed by atoms with Crippen LogP contribution in [0.2, 0.25) is 0 Å². The van der Waals surface area contributed by atoms with Gasteiger partial charge in [-0.15, -0.1) is 5.10 Å². The standard InChI is InChI=1S/C32H27FN8O5/c1-2-43-28-16-20(10-15-27(28)45-18-22-8-5-7-21-6-3-4-9-25(21)22)17-35-37-32(42)29-26(19-44-24-13-11-23(33)12-14-24)41(40-36-29)31-30(34)38-46-39-31/h3-17H,2,18-19H2,1H3,(H2,34,38)(H,37,42). The third kappa shape index (κ3) is 6.60. The lowest BCUT2D eigenvalue weighted by molar-refractivity contribution is 0.0947. The Balaban J connectivity index is 1.16. The largest absolute Gasteiger partial charge is 0.490 e. The number of nitrogens with two attached hydrogens (primary N) is 1. The number of hydrogen-bond acceptors (Lipinski definition) is 11. The zero-order valence-electron chi connectivity index (χ0n) is 24.5. The molecule has 0 radical (unpaired) electrons. The molecule has 0 spiro atoms. The summed E-state index contributed by atoms with van der Waals surface area (Å²) >= 11 is 0. The van der Waals surface area contributed by atoms with E-state index in [1.54, 1.807) is 18.2 Å². The van der Waals surface area contributed by atoms with E-state index in [-0.39, 0.29) is 29.6 Å². The molecule has 0 bridgehead atoms. The lowest BCUT2D eigenvalue weighted by Gasteiger charge is -2.13. The van der Waals surface area contributed by atoms with E-state index in [9.17, 15) is 9.18 Å². The van der Waals surface area contributed by atoms with Gasteiger partial charge < -0.3 is 19.9 Å². The molecule has 2 aromatic heterocycles. The van der Waals surface area contributed by atoms with Crippen molar-refractivity contribution in [3.05, 3.63) is 113 Å². The summed E-state index contributed by atoms with van der Waals surface area (Å²) in [5.41, 5.74) is 10.0. The minimum Gasteiger partial charge on any atom is -0.490 e. The fourth-order valence-electron chi connectivity index (χ4n) is 4.58. The molecule has 4 aromatic carbocycles. The summed E-state index contributed by atoms with van der Waals surface area (Å²) in [5, 5.41) is 21.5. The molecule has 2 heterocycles. The van der Waals surface area contributed by atoms with E-state index in [2.05, 4.69) is 54.0 Å². The molecule has 0 saturated heterocycles. The second kappa shape index (κ2) is 13.5. The fraction of sp³-hybridized carbons (Fsp3) is 0.125. The van der Waals surface area contributed by atoms with Gasteiger partial charge >= 0.3 is 0 Å². The van der Waals surface area contributed by atoms with Crippen molar-refractivity contribution >= 4 is 28.7 Å². The number of hydrazone groups is 1. The number of carbonyl (C=O) groups excluding carboxylic acids is 1. The van der Waals surface area contributed by atoms with Gasteiger partial charge in [-0.2, -0.15) is 9.78 Å². The Kier molecular flexibility index (Phi) is 8.76. The van der Waals surface area contributed by atoms with Crippen LogP contribution in [0.1, 0.15) is 34.2 Å². The lowest BCUT2D eigenvalue weighted by atomic mass is 10.1. The Labute approximate surface area is 261 Å². The highest BCUT2D eigenvalue weighted by Gasteiger charge is 2.24. The second-order valence-electron chi connectivity index (χ2n) is 9.78. The quantitative estimate of drug-likeness (QED) is 0.142. The zero-order valence-corrected chi connectivity index (χ0v) is 24.5. The molecule has 0 atom stereocenters. The van der Waals surface area contributed by atoms with Crippen LogP contribution in [0.25, 0.3) is 16.6 Å². The maximum absolute atomic E-state index is 13.3. The van der Waals surface area contributed by atoms with Gasteiger partial charge in [0.05, 0.1) is 12.8 Å². The zero-order chi connectivity index (χ0) is 31.9. The molecule has 6 aromatic rings. The third-order valence-corrected chi connectivity index (χ3v) is 6.77. The number of anilines is 1. The molecule has 46 heavy (non-hydrogen) atoms. The Morgan fingerprint density at radius 3 is 2.61 bits per heavy atom. The molecule has 0 aliphatic heterocycles. The SMILES string of the molecule is CCOc1cc(C=NNC(=O)c2nnn(-c3nonc3N)c2COc2ccc(F)cc2)ccc1OCc1cccc2ccccc12. The van der Waals surface area contributed by atoms with Gasteiger partial charge in [0.2, 0.25) is 11.6 Å². The number of hydrogen-bond donors (Lipinski definition) is 2. The minimum atomic E-state index is -0.685. The van der Waals surface area contributed by atoms with E-state index in [4.69, 9.17) is 19.9 Å². The van der Waals surface area contributed by atoms with Crippen molar-refractivity contribution in [1.82, 2.24) is 30.7 Å². The topological polar surface area (TPSA) is 165 Å². The van der Waals surface area contributed by atoms with E-state index in [1.165, 1.54) is 35.2 Å². The number of nitrogens with zero attached hydrogens (tertiary/aromatic N) is 6. The average molecular weight is 623 g/mol. The summed E-state index contributed by atoms with van der Waals surface area (Å²) in [6.45, 7) is 2.46. The first-order valence-corrected chi connectivity index (χ1v) is 14.1. The molecular formula is C32H27FN8O5. The molecular weight excluding hydrogens is 595 g/mol. The fourth-order valence-corrected chi connectivity index (χ4v) is 4.58. The number of aromatic nitrogens is 5. The average Bonchev–Trinajstić information content (AvgIpc) is 3.69. The van der Waals surface area contributed by atoms with Gasteiger partial charge in [0.25, 0.3) is 5.91 Å². The molecule has 232 valence electrons. The third-order valence-electron chi connectivity index (χ3n) is 6.77. The van der Waals surface area contributed by atoms with E-state index >= 15 is 0 Å². The molecule has 6 rings (SSSR count). The lowest BCUT2D eigenvalue weighted by Crippen LogP contribution is -2.21. The van der Waals surface area contributed by atoms with Crippen molar-refractivity contribution in [2.45, 2.75) is 20.1 Å². The maximum Gasteiger partial charge on any atom is 0.293 e. The van der Waals surface area contributed by atoms with Crippen molar-refractivity contribution in [2.24, 2.45) is 5.10 Å². The second-order valence-corrected chi connectivity index (χ2v) is 9.78. The predicted octanol–water partition coefficient (Wildman–Crippen LogP) is 4.85. The summed E-state index contributed by atoms with van der Waals surface area (Å²) in [5.74, 6) is 0.274. The number of benzene rings is 4. The number of nitrogens with one attached hydrogen (secondary N) is 1. The number of ether oxygens (including phenoxy) is 3. The molecule has 0 aliphatic rings. The number of halogens is 1. The maximum atomic E-state index is 13.3. The van der Waals surface area contributed by atoms with Crippen LogP contribution in [0.3, 0.4) is 0 Å². The van der Waals surface area contributed by atoms with Crippen molar-refractivity contribution in [3.8, 4) is 23.1 Å². The van der Waals surface area contributed by atoms with Crippen LogP contribution in [0.15, 0.2) is 94.7 Å². The van der Waals surface area contributed by atoms with Gasteiger partial charge in [0.15, 0.2) is 17.2 Å². The van der Waals surface area contributed by atoms with Gasteiger partial charge in [-0.3, -0.25) is 4.79 Å². The van der Waals surface area contributed by atoms with Crippen molar-refractivity contribution in [2.75, 3.05) is 12.3 Å². The molecule has 0 saturated carbocycles. The highest BCUT2D eigenvalue weighted by atomic mass is 19.1. The Morgan fingerprint density at radius 1 is 0.978 bits per heavy atom. The van der Waals surface area contributed by atoms with Crippen LogP contribution in [-0.2, 0) is 13.2 Å². The monoisotopic (exact) mass is 622 g/mol. The molecule has 13 nitrogen and oxygen atoms in total. The van der Waals surface area contributed by atoms with Crippen LogP contribution in [0.4, 0.5) is 10.2 Å². The first kappa shape index (κ1) is 29.7. The summed E-state index contributed by atoms with van der Waals surface area (Å²) in [6.07, 6.45) is 1.45. The van der Waals surface area contributed by atoms with Gasteiger partial charge in [-0.05, 0) is 81.6 Å². The van der Waals surface area contributed by atoms with E-state index in [1.807, 2.05) is 31.2 Å². The van der Waals surface area contributed by atoms with Crippen molar-refractivity contribution < 1.29 is 28.0 Å². The summed E-state index contributed by atoms with van der Waals surface area (Å²) in [4.78, 5) is 13.1. The van der Waals surface area contributed by atoms with Crippen LogP contribution < -0.4 is 25.4 Å². The predicted molar refractivity (Wildman–Crippen MR) is 165 cm³/mol. The molecule has 0 fully saturated rings. The minimum absolute atomic E-state index is 0.0129. The Bertz CT molecular complexity index is 2000. The van der Waals surface area contributed by atoms with Gasteiger partial charge in [0.1, 0.15) is 30.5 Å². The van der Waals surface area contributed by atoms with Crippen molar-refractivity contribution in [1.29, 1.82) is 0 Å². The molecule has 0 aliphatic carbocycles. The number of nitrogen functional groups attached to an aromatic ring is 1. The van der Waals surface area contributed by atoms with E-state index in [0.29, 0.717) is 36.0 Å². The van der Waals surface area contributed by atoms with Gasteiger partial charge in [-0.25, -0.2) is 14.4 Å². The van der Waals surface area contributed by atoms with Crippen LogP contribution in [0.5, 0.6) is 17.2 Å². The highest BCUT2D eigenvalue weighted by Crippen LogP contribution is 2.30. The molecule has 3 N–H and O–H groups in total. The molecule has 1 amide bonds.